The maximum absolute atomic E-state index is 10.8. The number of carboxylic acid groups (broad SMARTS) is 1. The Hall–Kier alpha value is -0.430. The lowest BCUT2D eigenvalue weighted by atomic mass is 9.94. The van der Waals surface area contributed by atoms with Crippen molar-refractivity contribution in [2.75, 3.05) is 13.2 Å². The average Bonchev–Trinajstić information content (AvgIpc) is 2.29. The number of carboxylic acids is 1. The average molecular weight is 356 g/mol. The molecule has 15 heteroatoms. The van der Waals surface area contributed by atoms with Crippen LogP contribution in [0.4, 0.5) is 0 Å². The van der Waals surface area contributed by atoms with E-state index in [9.17, 15) is 29.2 Å². The van der Waals surface area contributed by atoms with Crippen molar-refractivity contribution in [1.82, 2.24) is 0 Å². The van der Waals surface area contributed by atoms with E-state index in [1.54, 1.807) is 0 Å². The van der Waals surface area contributed by atoms with Gasteiger partial charge in [-0.25, -0.2) is 13.9 Å². The third kappa shape index (κ3) is 7.40. The van der Waals surface area contributed by atoms with Crippen molar-refractivity contribution in [1.29, 1.82) is 0 Å². The molecule has 0 aliphatic heterocycles. The number of aliphatic hydroxyl groups is 3. The lowest BCUT2D eigenvalue weighted by Crippen LogP contribution is -2.58. The van der Waals surface area contributed by atoms with Gasteiger partial charge in [-0.05, 0) is 0 Å². The van der Waals surface area contributed by atoms with Crippen LogP contribution in [0.5, 0.6) is 0 Å². The van der Waals surface area contributed by atoms with Crippen molar-refractivity contribution in [3.63, 3.8) is 0 Å². The van der Waals surface area contributed by atoms with E-state index in [4.69, 9.17) is 24.7 Å². The van der Waals surface area contributed by atoms with Crippen LogP contribution in [0.3, 0.4) is 0 Å². The fraction of sp³-hybridized carbons (Fsp3) is 0.833. The van der Waals surface area contributed by atoms with Gasteiger partial charge in [0.1, 0.15) is 18.8 Å². The molecule has 0 bridgehead atoms. The first-order chi connectivity index (χ1) is 9.19. The second-order valence-corrected chi connectivity index (χ2v) is 6.27. The van der Waals surface area contributed by atoms with E-state index >= 15 is 0 Å². The highest BCUT2D eigenvalue weighted by Crippen LogP contribution is 2.38. The SMILES string of the molecule is O=C(O)[C@@](O)(COP(=O)(O)O)[C@@H](O)[C@H](O)COP(=O)(O)O. The number of aliphatic hydroxyl groups excluding tert-OH is 2. The van der Waals surface area contributed by atoms with Gasteiger partial charge >= 0.3 is 21.6 Å². The summed E-state index contributed by atoms with van der Waals surface area (Å²) < 4.78 is 28.4. The molecule has 0 spiro atoms. The molecule has 0 saturated heterocycles. The highest BCUT2D eigenvalue weighted by molar-refractivity contribution is 7.46. The summed E-state index contributed by atoms with van der Waals surface area (Å²) in [5.74, 6) is -2.21. The smallest absolute Gasteiger partial charge is 0.469 e. The van der Waals surface area contributed by atoms with Gasteiger partial charge in [0.25, 0.3) is 0 Å². The Kier molecular flexibility index (Phi) is 7.07. The molecule has 0 heterocycles. The van der Waals surface area contributed by atoms with Crippen molar-refractivity contribution in [2.45, 2.75) is 17.8 Å². The summed E-state index contributed by atoms with van der Waals surface area (Å²) in [5.41, 5.74) is -3.36. The predicted molar refractivity (Wildman–Crippen MR) is 60.6 cm³/mol. The topological polar surface area (TPSA) is 232 Å². The lowest BCUT2D eigenvalue weighted by molar-refractivity contribution is -0.190. The van der Waals surface area contributed by atoms with Crippen LogP contribution in [0.2, 0.25) is 0 Å². The summed E-state index contributed by atoms with van der Waals surface area (Å²) in [6.45, 7) is -2.88. The summed E-state index contributed by atoms with van der Waals surface area (Å²) in [4.78, 5) is 44.4. The minimum Gasteiger partial charge on any atom is -0.479 e. The van der Waals surface area contributed by atoms with Crippen LogP contribution in [0.25, 0.3) is 0 Å². The van der Waals surface area contributed by atoms with E-state index in [1.165, 1.54) is 0 Å². The molecule has 0 aromatic rings. The molecule has 0 aliphatic carbocycles. The second kappa shape index (κ2) is 7.22. The molecular weight excluding hydrogens is 342 g/mol. The van der Waals surface area contributed by atoms with Crippen LogP contribution >= 0.6 is 15.6 Å². The van der Waals surface area contributed by atoms with Crippen molar-refractivity contribution in [3.8, 4) is 0 Å². The molecule has 21 heavy (non-hydrogen) atoms. The van der Waals surface area contributed by atoms with Crippen LogP contribution in [0.15, 0.2) is 0 Å². The van der Waals surface area contributed by atoms with E-state index in [0.29, 0.717) is 0 Å². The van der Waals surface area contributed by atoms with Crippen molar-refractivity contribution >= 4 is 21.6 Å². The van der Waals surface area contributed by atoms with E-state index in [2.05, 4.69) is 9.05 Å². The van der Waals surface area contributed by atoms with Gasteiger partial charge in [-0.15, -0.1) is 0 Å². The van der Waals surface area contributed by atoms with Gasteiger partial charge in [0.15, 0.2) is 0 Å². The van der Waals surface area contributed by atoms with Crippen LogP contribution in [0.1, 0.15) is 0 Å². The molecule has 0 aromatic heterocycles. The molecule has 0 radical (unpaired) electrons. The third-order valence-electron chi connectivity index (χ3n) is 2.09. The van der Waals surface area contributed by atoms with Gasteiger partial charge < -0.3 is 40.0 Å². The first-order valence-electron chi connectivity index (χ1n) is 4.91. The van der Waals surface area contributed by atoms with Crippen molar-refractivity contribution in [2.24, 2.45) is 0 Å². The molecule has 0 aliphatic rings. The quantitative estimate of drug-likeness (QED) is 0.190. The third-order valence-corrected chi connectivity index (χ3v) is 3.04. The molecule has 0 aromatic carbocycles. The first-order valence-corrected chi connectivity index (χ1v) is 7.97. The Labute approximate surface area is 116 Å². The molecule has 0 saturated carbocycles. The highest BCUT2D eigenvalue weighted by Gasteiger charge is 2.49. The van der Waals surface area contributed by atoms with Crippen LogP contribution in [-0.4, -0.2) is 77.0 Å². The minimum absolute atomic E-state index is 1.27. The van der Waals surface area contributed by atoms with Crippen LogP contribution < -0.4 is 0 Å². The van der Waals surface area contributed by atoms with Crippen molar-refractivity contribution in [3.05, 3.63) is 0 Å². The van der Waals surface area contributed by atoms with Gasteiger partial charge in [0.2, 0.25) is 5.60 Å². The van der Waals surface area contributed by atoms with Gasteiger partial charge in [0.05, 0.1) is 6.61 Å². The van der Waals surface area contributed by atoms with Gasteiger partial charge in [-0.1, -0.05) is 0 Å². The van der Waals surface area contributed by atoms with Gasteiger partial charge in [-0.3, -0.25) is 9.05 Å². The van der Waals surface area contributed by atoms with Gasteiger partial charge in [-0.2, -0.15) is 0 Å². The molecule has 3 atom stereocenters. The largest absolute Gasteiger partial charge is 0.479 e. The number of phosphoric ester groups is 2. The summed E-state index contributed by atoms with van der Waals surface area (Å²) in [6, 6.07) is 0. The summed E-state index contributed by atoms with van der Waals surface area (Å²) in [7, 11) is -10.2. The molecular formula is C6H14O13P2. The van der Waals surface area contributed by atoms with Crippen LogP contribution in [-0.2, 0) is 23.0 Å². The first kappa shape index (κ1) is 20.6. The maximum Gasteiger partial charge on any atom is 0.469 e. The zero-order valence-electron chi connectivity index (χ0n) is 10.1. The highest BCUT2D eigenvalue weighted by atomic mass is 31.2. The van der Waals surface area contributed by atoms with E-state index in [1.807, 2.05) is 0 Å². The minimum atomic E-state index is -5.19. The number of phosphoric acid groups is 2. The molecule has 0 unspecified atom stereocenters. The zero-order chi connectivity index (χ0) is 17.1. The van der Waals surface area contributed by atoms with E-state index in [0.717, 1.165) is 0 Å². The normalized spacial score (nSPS) is 18.8. The molecule has 13 nitrogen and oxygen atoms in total. The van der Waals surface area contributed by atoms with Gasteiger partial charge in [0, 0.05) is 0 Å². The number of aliphatic carboxylic acids is 1. The Morgan fingerprint density at radius 3 is 1.81 bits per heavy atom. The number of rotatable bonds is 9. The van der Waals surface area contributed by atoms with E-state index in [-0.39, 0.29) is 0 Å². The second-order valence-electron chi connectivity index (χ2n) is 3.79. The molecule has 0 rings (SSSR count). The summed E-state index contributed by atoms with van der Waals surface area (Å²) >= 11 is 0. The van der Waals surface area contributed by atoms with Crippen LogP contribution in [0, 0.1) is 0 Å². The summed E-state index contributed by atoms with van der Waals surface area (Å²) in [6.07, 6.45) is -4.94. The number of carbonyl (C=O) groups is 1. The Morgan fingerprint density at radius 1 is 1.05 bits per heavy atom. The molecule has 8 N–H and O–H groups in total. The monoisotopic (exact) mass is 356 g/mol. The fourth-order valence-corrected chi connectivity index (χ4v) is 1.75. The van der Waals surface area contributed by atoms with E-state index < -0.39 is 52.6 Å². The van der Waals surface area contributed by atoms with Crippen molar-refractivity contribution < 1.29 is 63.0 Å². The fourth-order valence-electron chi connectivity index (χ4n) is 1.04. The lowest BCUT2D eigenvalue weighted by Gasteiger charge is -2.31. The zero-order valence-corrected chi connectivity index (χ0v) is 11.9. The standard InChI is InChI=1S/C6H14O13P2/c7-3(1-18-20(12,13)14)4(8)6(11,5(9)10)2-19-21(15,16)17/h3-4,7-8,11H,1-2H2,(H,9,10)(H2,12,13,14)(H2,15,16,17)/t3-,4+,6-/m1/s1. The Balaban J connectivity index is 4.97. The Morgan fingerprint density at radius 2 is 1.48 bits per heavy atom. The number of hydrogen-bond donors (Lipinski definition) is 8. The predicted octanol–water partition coefficient (Wildman–Crippen LogP) is -3.26. The molecule has 126 valence electrons. The molecule has 0 amide bonds. The maximum atomic E-state index is 10.8. The Bertz CT molecular complexity index is 452. The summed E-state index contributed by atoms with van der Waals surface area (Å²) in [5, 5.41) is 37.1. The number of hydrogen-bond acceptors (Lipinski definition) is 8. The molecule has 0 fully saturated rings.